The lowest BCUT2D eigenvalue weighted by Crippen LogP contribution is -2.26. The number of nitrogens with zero attached hydrogens (tertiary/aromatic N) is 2. The molecule has 96 valence electrons. The van der Waals surface area contributed by atoms with Gasteiger partial charge in [0.25, 0.3) is 0 Å². The molecule has 0 aromatic carbocycles. The summed E-state index contributed by atoms with van der Waals surface area (Å²) in [7, 11) is 0. The predicted molar refractivity (Wildman–Crippen MR) is 73.9 cm³/mol. The second-order valence-corrected chi connectivity index (χ2v) is 5.01. The molecular formula is C14H25N3. The molecule has 0 bridgehead atoms. The molecular weight excluding hydrogens is 210 g/mol. The number of imidazole rings is 1. The Hall–Kier alpha value is -1.09. The summed E-state index contributed by atoms with van der Waals surface area (Å²) in [5.41, 5.74) is 2.62. The molecule has 0 saturated carbocycles. The van der Waals surface area contributed by atoms with Gasteiger partial charge in [0.2, 0.25) is 0 Å². The van der Waals surface area contributed by atoms with Gasteiger partial charge in [-0.05, 0) is 18.9 Å². The Balaban J connectivity index is 2.82. The summed E-state index contributed by atoms with van der Waals surface area (Å²) in [5.74, 6) is 0.557. The van der Waals surface area contributed by atoms with Gasteiger partial charge in [-0.2, -0.15) is 0 Å². The minimum atomic E-state index is 0.522. The lowest BCUT2D eigenvalue weighted by molar-refractivity contribution is 0.592. The predicted octanol–water partition coefficient (Wildman–Crippen LogP) is 2.94. The summed E-state index contributed by atoms with van der Waals surface area (Å²) in [5, 5.41) is 3.48. The Morgan fingerprint density at radius 2 is 2.12 bits per heavy atom. The largest absolute Gasteiger partial charge is 0.331 e. The van der Waals surface area contributed by atoms with Crippen LogP contribution in [0.3, 0.4) is 0 Å². The van der Waals surface area contributed by atoms with Crippen LogP contribution in [0, 0.1) is 5.92 Å². The van der Waals surface area contributed by atoms with Gasteiger partial charge < -0.3 is 9.88 Å². The summed E-state index contributed by atoms with van der Waals surface area (Å²) < 4.78 is 2.16. The Bertz CT molecular complexity index is 361. The summed E-state index contributed by atoms with van der Waals surface area (Å²) in [6.07, 6.45) is 6.08. The number of nitrogens with one attached hydrogen (secondary N) is 1. The first-order valence-electron chi connectivity index (χ1n) is 6.48. The smallest absolute Gasteiger partial charge is 0.0950 e. The van der Waals surface area contributed by atoms with Crippen molar-refractivity contribution in [1.82, 2.24) is 14.9 Å². The van der Waals surface area contributed by atoms with Crippen LogP contribution in [-0.2, 0) is 6.54 Å². The maximum absolute atomic E-state index is 4.20. The van der Waals surface area contributed by atoms with Gasteiger partial charge in [-0.15, -0.1) is 0 Å². The summed E-state index contributed by atoms with van der Waals surface area (Å²) in [4.78, 5) is 4.20. The van der Waals surface area contributed by atoms with Crippen LogP contribution in [0.15, 0.2) is 18.1 Å². The van der Waals surface area contributed by atoms with E-state index >= 15 is 0 Å². The van der Waals surface area contributed by atoms with Crippen LogP contribution in [0.5, 0.6) is 0 Å². The molecule has 0 saturated heterocycles. The number of aryl methyl sites for hydroxylation is 1. The van der Waals surface area contributed by atoms with Crippen molar-refractivity contribution in [3.63, 3.8) is 0 Å². The van der Waals surface area contributed by atoms with E-state index < -0.39 is 0 Å². The Morgan fingerprint density at radius 3 is 2.65 bits per heavy atom. The molecule has 17 heavy (non-hydrogen) atoms. The molecule has 0 radical (unpaired) electrons. The highest BCUT2D eigenvalue weighted by Crippen LogP contribution is 2.14. The quantitative estimate of drug-likeness (QED) is 0.821. The molecule has 0 atom stereocenters. The van der Waals surface area contributed by atoms with E-state index in [1.54, 1.807) is 0 Å². The molecule has 0 aliphatic carbocycles. The monoisotopic (exact) mass is 235 g/mol. The van der Waals surface area contributed by atoms with E-state index in [0.717, 1.165) is 13.1 Å². The molecule has 0 aliphatic heterocycles. The minimum Gasteiger partial charge on any atom is -0.331 e. The minimum absolute atomic E-state index is 0.522. The van der Waals surface area contributed by atoms with Crippen molar-refractivity contribution in [2.75, 3.05) is 6.54 Å². The van der Waals surface area contributed by atoms with Gasteiger partial charge in [0, 0.05) is 19.1 Å². The van der Waals surface area contributed by atoms with Gasteiger partial charge in [0.15, 0.2) is 0 Å². The summed E-state index contributed by atoms with van der Waals surface area (Å²) >= 11 is 0. The molecule has 0 fully saturated rings. The third-order valence-corrected chi connectivity index (χ3v) is 2.87. The highest BCUT2D eigenvalue weighted by atomic mass is 15.0. The SMILES string of the molecule is CCn1cncc1C=C(CNC(C)C)C(C)C. The third kappa shape index (κ3) is 4.35. The molecule has 1 aromatic rings. The lowest BCUT2D eigenvalue weighted by Gasteiger charge is -2.15. The second kappa shape index (κ2) is 6.60. The van der Waals surface area contributed by atoms with E-state index in [4.69, 9.17) is 0 Å². The van der Waals surface area contributed by atoms with Crippen LogP contribution < -0.4 is 5.32 Å². The standard InChI is InChI=1S/C14H25N3/c1-6-17-10-15-9-14(17)7-13(11(2)3)8-16-12(4)5/h7,9-12,16H,6,8H2,1-5H3. The zero-order valence-corrected chi connectivity index (χ0v) is 11.7. The van der Waals surface area contributed by atoms with Crippen LogP contribution in [-0.4, -0.2) is 22.1 Å². The number of hydrogen-bond acceptors (Lipinski definition) is 2. The van der Waals surface area contributed by atoms with E-state index in [2.05, 4.69) is 55.6 Å². The van der Waals surface area contributed by atoms with Crippen molar-refractivity contribution >= 4 is 6.08 Å². The molecule has 3 nitrogen and oxygen atoms in total. The second-order valence-electron chi connectivity index (χ2n) is 5.01. The topological polar surface area (TPSA) is 29.9 Å². The first-order valence-corrected chi connectivity index (χ1v) is 6.48. The van der Waals surface area contributed by atoms with Crippen LogP contribution >= 0.6 is 0 Å². The fraction of sp³-hybridized carbons (Fsp3) is 0.643. The molecule has 1 rings (SSSR count). The Kier molecular flexibility index (Phi) is 5.42. The van der Waals surface area contributed by atoms with Crippen molar-refractivity contribution in [2.24, 2.45) is 5.92 Å². The van der Waals surface area contributed by atoms with Crippen LogP contribution in [0.4, 0.5) is 0 Å². The third-order valence-electron chi connectivity index (χ3n) is 2.87. The van der Waals surface area contributed by atoms with E-state index in [1.807, 2.05) is 12.5 Å². The average molecular weight is 235 g/mol. The Morgan fingerprint density at radius 1 is 1.41 bits per heavy atom. The van der Waals surface area contributed by atoms with E-state index in [1.165, 1.54) is 11.3 Å². The molecule has 1 heterocycles. The van der Waals surface area contributed by atoms with Gasteiger partial charge in [0.05, 0.1) is 18.2 Å². The highest BCUT2D eigenvalue weighted by molar-refractivity contribution is 5.49. The van der Waals surface area contributed by atoms with Gasteiger partial charge in [-0.25, -0.2) is 4.98 Å². The summed E-state index contributed by atoms with van der Waals surface area (Å²) in [6, 6.07) is 0.522. The molecule has 1 N–H and O–H groups in total. The van der Waals surface area contributed by atoms with Crippen molar-refractivity contribution in [3.8, 4) is 0 Å². The maximum atomic E-state index is 4.20. The van der Waals surface area contributed by atoms with Gasteiger partial charge in [0.1, 0.15) is 0 Å². The van der Waals surface area contributed by atoms with Crippen molar-refractivity contribution in [3.05, 3.63) is 23.8 Å². The van der Waals surface area contributed by atoms with Crippen LogP contribution in [0.2, 0.25) is 0 Å². The number of rotatable bonds is 6. The normalized spacial score (nSPS) is 12.8. The highest BCUT2D eigenvalue weighted by Gasteiger charge is 2.06. The van der Waals surface area contributed by atoms with Crippen molar-refractivity contribution < 1.29 is 0 Å². The van der Waals surface area contributed by atoms with Gasteiger partial charge in [-0.1, -0.05) is 33.3 Å². The zero-order chi connectivity index (χ0) is 12.8. The zero-order valence-electron chi connectivity index (χ0n) is 11.7. The molecule has 0 spiro atoms. The van der Waals surface area contributed by atoms with Crippen LogP contribution in [0.1, 0.15) is 40.3 Å². The van der Waals surface area contributed by atoms with E-state index in [0.29, 0.717) is 12.0 Å². The summed E-state index contributed by atoms with van der Waals surface area (Å²) in [6.45, 7) is 12.9. The van der Waals surface area contributed by atoms with Crippen molar-refractivity contribution in [2.45, 2.75) is 47.2 Å². The molecule has 0 aliphatic rings. The van der Waals surface area contributed by atoms with Crippen LogP contribution in [0.25, 0.3) is 6.08 Å². The van der Waals surface area contributed by atoms with E-state index in [9.17, 15) is 0 Å². The number of aromatic nitrogens is 2. The van der Waals surface area contributed by atoms with Gasteiger partial charge >= 0.3 is 0 Å². The maximum Gasteiger partial charge on any atom is 0.0950 e. The molecule has 3 heteroatoms. The number of hydrogen-bond donors (Lipinski definition) is 1. The van der Waals surface area contributed by atoms with Gasteiger partial charge in [-0.3, -0.25) is 0 Å². The molecule has 1 aromatic heterocycles. The fourth-order valence-corrected chi connectivity index (χ4v) is 1.65. The molecule has 0 amide bonds. The van der Waals surface area contributed by atoms with E-state index in [-0.39, 0.29) is 0 Å². The molecule has 0 unspecified atom stereocenters. The first kappa shape index (κ1) is 14.0. The average Bonchev–Trinajstić information content (AvgIpc) is 2.70. The lowest BCUT2D eigenvalue weighted by atomic mass is 10.0. The van der Waals surface area contributed by atoms with Crippen molar-refractivity contribution in [1.29, 1.82) is 0 Å². The fourth-order valence-electron chi connectivity index (χ4n) is 1.65. The Labute approximate surface area is 105 Å². The first-order chi connectivity index (χ1) is 8.04.